The quantitative estimate of drug-likeness (QED) is 0.139. The summed E-state index contributed by atoms with van der Waals surface area (Å²) in [4.78, 5) is 48.1. The Morgan fingerprint density at radius 3 is 2.44 bits per heavy atom. The summed E-state index contributed by atoms with van der Waals surface area (Å²) in [6.07, 6.45) is 9.70. The lowest BCUT2D eigenvalue weighted by Crippen LogP contribution is -2.55. The van der Waals surface area contributed by atoms with Gasteiger partial charge in [0.05, 0.1) is 23.2 Å². The highest BCUT2D eigenvalue weighted by molar-refractivity contribution is 8.02. The number of unbranched alkanes of at least 4 members (excludes halogenated alkanes) is 4. The van der Waals surface area contributed by atoms with E-state index in [0.717, 1.165) is 56.6 Å². The minimum atomic E-state index is -0.679. The highest BCUT2D eigenvalue weighted by Gasteiger charge is 2.74. The summed E-state index contributed by atoms with van der Waals surface area (Å²) in [6, 6.07) is 7.34. The Kier molecular flexibility index (Phi) is 11.8. The topological polar surface area (TPSA) is 90.4 Å². The van der Waals surface area contributed by atoms with E-state index in [1.807, 2.05) is 30.3 Å². The summed E-state index contributed by atoms with van der Waals surface area (Å²) in [7, 11) is 0. The molecule has 1 N–H and O–H groups in total. The van der Waals surface area contributed by atoms with Gasteiger partial charge in [-0.05, 0) is 89.5 Å². The number of hydrogen-bond donors (Lipinski definition) is 1. The van der Waals surface area contributed by atoms with E-state index < -0.39 is 22.6 Å². The van der Waals surface area contributed by atoms with Crippen molar-refractivity contribution < 1.29 is 24.2 Å². The summed E-state index contributed by atoms with van der Waals surface area (Å²) in [6.45, 7) is 14.9. The molecule has 3 fully saturated rings. The van der Waals surface area contributed by atoms with Crippen LogP contribution in [0.4, 0.5) is 11.4 Å². The van der Waals surface area contributed by atoms with Crippen LogP contribution in [-0.4, -0.2) is 83.2 Å². The van der Waals surface area contributed by atoms with Crippen LogP contribution in [0.15, 0.2) is 49.6 Å². The maximum atomic E-state index is 14.7. The molecule has 0 aromatic heterocycles. The number of rotatable bonds is 18. The number of carbonyl (C=O) groups is 3. The minimum absolute atomic E-state index is 0.0253. The smallest absolute Gasteiger partial charge is 0.310 e. The SMILES string of the molecule is C=CCCCCOC(=O)[C@@H]1[C@@H]2CCC3(S2)C(C(=O)N(CC=C)c2ccc(N(CC)CC)cc2)N(CCCCCO)C(=O)[C@H]13. The first kappa shape index (κ1) is 33.1. The van der Waals surface area contributed by atoms with Gasteiger partial charge >= 0.3 is 5.97 Å². The molecule has 2 amide bonds. The van der Waals surface area contributed by atoms with Crippen LogP contribution in [0.5, 0.6) is 0 Å². The van der Waals surface area contributed by atoms with Crippen LogP contribution < -0.4 is 9.80 Å². The molecule has 2 bridgehead atoms. The van der Waals surface area contributed by atoms with Gasteiger partial charge in [-0.2, -0.15) is 0 Å². The molecule has 2 unspecified atom stereocenters. The van der Waals surface area contributed by atoms with Gasteiger partial charge in [0.15, 0.2) is 0 Å². The zero-order valence-corrected chi connectivity index (χ0v) is 26.7. The number of ether oxygens (including phenoxy) is 1. The van der Waals surface area contributed by atoms with Gasteiger partial charge in [-0.25, -0.2) is 0 Å². The molecule has 1 spiro atoms. The van der Waals surface area contributed by atoms with Crippen molar-refractivity contribution in [2.45, 2.75) is 81.3 Å². The molecular formula is C34H49N3O5S. The predicted molar refractivity (Wildman–Crippen MR) is 174 cm³/mol. The van der Waals surface area contributed by atoms with Crippen LogP contribution in [0, 0.1) is 11.8 Å². The fraction of sp³-hybridized carbons (Fsp3) is 0.618. The van der Waals surface area contributed by atoms with Gasteiger partial charge in [0.25, 0.3) is 5.91 Å². The maximum absolute atomic E-state index is 14.7. The molecule has 1 aromatic carbocycles. The molecule has 0 radical (unpaired) electrons. The molecule has 5 atom stereocenters. The van der Waals surface area contributed by atoms with Gasteiger partial charge in [-0.15, -0.1) is 24.9 Å². The van der Waals surface area contributed by atoms with Crippen molar-refractivity contribution >= 4 is 40.9 Å². The molecule has 3 saturated heterocycles. The fourth-order valence-corrected chi connectivity index (χ4v) is 9.40. The molecule has 1 aromatic rings. The number of allylic oxidation sites excluding steroid dienone is 1. The zero-order valence-electron chi connectivity index (χ0n) is 25.9. The number of aliphatic hydroxyl groups excluding tert-OH is 1. The predicted octanol–water partition coefficient (Wildman–Crippen LogP) is 5.21. The third-order valence-corrected chi connectivity index (χ3v) is 11.2. The second-order valence-corrected chi connectivity index (χ2v) is 13.4. The molecule has 0 aliphatic carbocycles. The van der Waals surface area contributed by atoms with Crippen molar-refractivity contribution in [1.82, 2.24) is 4.90 Å². The van der Waals surface area contributed by atoms with Crippen molar-refractivity contribution in [3.63, 3.8) is 0 Å². The van der Waals surface area contributed by atoms with Crippen LogP contribution in [0.25, 0.3) is 0 Å². The van der Waals surface area contributed by atoms with Crippen LogP contribution in [0.3, 0.4) is 0 Å². The van der Waals surface area contributed by atoms with E-state index in [2.05, 4.69) is 31.9 Å². The molecule has 43 heavy (non-hydrogen) atoms. The number of esters is 1. The van der Waals surface area contributed by atoms with E-state index in [4.69, 9.17) is 4.74 Å². The average Bonchev–Trinajstić information content (AvgIpc) is 3.66. The number of thioether (sulfide) groups is 1. The van der Waals surface area contributed by atoms with E-state index >= 15 is 0 Å². The molecule has 4 rings (SSSR count). The summed E-state index contributed by atoms with van der Waals surface area (Å²) in [5.74, 6) is -1.65. The lowest BCUT2D eigenvalue weighted by molar-refractivity contribution is -0.154. The van der Waals surface area contributed by atoms with Gasteiger partial charge in [-0.3, -0.25) is 14.4 Å². The number of anilines is 2. The lowest BCUT2D eigenvalue weighted by atomic mass is 9.71. The van der Waals surface area contributed by atoms with Gasteiger partial charge in [0.2, 0.25) is 5.91 Å². The second-order valence-electron chi connectivity index (χ2n) is 11.7. The van der Waals surface area contributed by atoms with E-state index in [1.54, 1.807) is 27.6 Å². The molecule has 3 heterocycles. The summed E-state index contributed by atoms with van der Waals surface area (Å²) in [5, 5.41) is 9.29. The lowest BCUT2D eigenvalue weighted by Gasteiger charge is -2.37. The standard InChI is InChI=1S/C34H49N3O5S/c1-5-9-10-14-24-42-33(41)28-27-19-20-34(43-27)29(28)31(39)37(22-12-11-13-23-38)30(34)32(40)36(21-6-2)26-17-15-25(16-18-26)35(7-3)8-4/h5-6,15-18,27-30,38H,1-2,7-14,19-24H2,3-4H3/t27-,28+,29-,30?,34?/m0/s1. The molecule has 3 aliphatic heterocycles. The van der Waals surface area contributed by atoms with Crippen molar-refractivity contribution in [2.75, 3.05) is 49.2 Å². The van der Waals surface area contributed by atoms with Gasteiger partial charge < -0.3 is 24.5 Å². The third-order valence-electron chi connectivity index (χ3n) is 9.28. The van der Waals surface area contributed by atoms with Crippen molar-refractivity contribution in [1.29, 1.82) is 0 Å². The zero-order chi connectivity index (χ0) is 31.0. The average molecular weight is 612 g/mol. The number of nitrogens with zero attached hydrogens (tertiary/aromatic N) is 3. The first-order valence-corrected chi connectivity index (χ1v) is 16.9. The Morgan fingerprint density at radius 1 is 1.07 bits per heavy atom. The number of benzene rings is 1. The highest BCUT2D eigenvalue weighted by Crippen LogP contribution is 2.66. The maximum Gasteiger partial charge on any atom is 0.310 e. The van der Waals surface area contributed by atoms with E-state index in [-0.39, 0.29) is 29.6 Å². The Morgan fingerprint density at radius 2 is 1.79 bits per heavy atom. The molecular weight excluding hydrogens is 562 g/mol. The normalized spacial score (nSPS) is 25.5. The molecule has 236 valence electrons. The number of fused-ring (bicyclic) bond motifs is 1. The van der Waals surface area contributed by atoms with Crippen LogP contribution >= 0.6 is 11.8 Å². The van der Waals surface area contributed by atoms with Crippen LogP contribution in [-0.2, 0) is 19.1 Å². The Labute approximate surface area is 261 Å². The number of hydrogen-bond acceptors (Lipinski definition) is 7. The largest absolute Gasteiger partial charge is 0.465 e. The highest BCUT2D eigenvalue weighted by atomic mass is 32.2. The summed E-state index contributed by atoms with van der Waals surface area (Å²) in [5.41, 5.74) is 1.86. The first-order valence-electron chi connectivity index (χ1n) is 16.0. The minimum Gasteiger partial charge on any atom is -0.465 e. The molecule has 9 heteroatoms. The number of likely N-dealkylation sites (tertiary alicyclic amines) is 1. The second kappa shape index (κ2) is 15.3. The Balaban J connectivity index is 1.63. The molecule has 8 nitrogen and oxygen atoms in total. The van der Waals surface area contributed by atoms with E-state index in [9.17, 15) is 19.5 Å². The Bertz CT molecular complexity index is 1140. The van der Waals surface area contributed by atoms with Crippen molar-refractivity contribution in [3.8, 4) is 0 Å². The van der Waals surface area contributed by atoms with Gasteiger partial charge in [0, 0.05) is 49.4 Å². The summed E-state index contributed by atoms with van der Waals surface area (Å²) >= 11 is 1.67. The van der Waals surface area contributed by atoms with Crippen molar-refractivity contribution in [3.05, 3.63) is 49.6 Å². The van der Waals surface area contributed by atoms with E-state index in [0.29, 0.717) is 39.0 Å². The fourth-order valence-electron chi connectivity index (χ4n) is 7.20. The van der Waals surface area contributed by atoms with Gasteiger partial charge in [0.1, 0.15) is 6.04 Å². The van der Waals surface area contributed by atoms with Crippen molar-refractivity contribution in [2.24, 2.45) is 11.8 Å². The Hall–Kier alpha value is -2.78. The van der Waals surface area contributed by atoms with Crippen LogP contribution in [0.1, 0.15) is 65.2 Å². The molecule has 3 aliphatic rings. The number of amides is 2. The van der Waals surface area contributed by atoms with Gasteiger partial charge in [-0.1, -0.05) is 12.2 Å². The van der Waals surface area contributed by atoms with Crippen LogP contribution in [0.2, 0.25) is 0 Å². The number of carbonyl (C=O) groups excluding carboxylic acids is 3. The van der Waals surface area contributed by atoms with E-state index in [1.165, 1.54) is 0 Å². The number of aliphatic hydroxyl groups is 1. The summed E-state index contributed by atoms with van der Waals surface area (Å²) < 4.78 is 5.07. The third kappa shape index (κ3) is 6.68. The first-order chi connectivity index (χ1) is 20.9. The molecule has 0 saturated carbocycles. The monoisotopic (exact) mass is 611 g/mol.